The quantitative estimate of drug-likeness (QED) is 0.177. The Morgan fingerprint density at radius 2 is 1.59 bits per heavy atom. The van der Waals surface area contributed by atoms with Crippen LogP contribution in [0.1, 0.15) is 99.3 Å². The minimum atomic E-state index is -1.70. The van der Waals surface area contributed by atoms with Crippen LogP contribution in [0.15, 0.2) is 11.6 Å². The van der Waals surface area contributed by atoms with E-state index in [2.05, 4.69) is 26.8 Å². The van der Waals surface area contributed by atoms with Crippen molar-refractivity contribution in [1.82, 2.24) is 0 Å². The molecule has 0 bridgehead atoms. The summed E-state index contributed by atoms with van der Waals surface area (Å²) in [5.74, 6) is -0.749. The van der Waals surface area contributed by atoms with Crippen molar-refractivity contribution in [2.75, 3.05) is 13.2 Å². The van der Waals surface area contributed by atoms with Crippen molar-refractivity contribution in [3.8, 4) is 0 Å². The van der Waals surface area contributed by atoms with Crippen LogP contribution in [0.3, 0.4) is 0 Å². The first-order valence-electron chi connectivity index (χ1n) is 17.6. The van der Waals surface area contributed by atoms with E-state index in [1.54, 1.807) is 0 Å². The van der Waals surface area contributed by atoms with E-state index in [0.717, 1.165) is 31.3 Å². The molecule has 46 heavy (non-hydrogen) atoms. The number of carbonyl (C=O) groups excluding carboxylic acids is 1. The van der Waals surface area contributed by atoms with Crippen molar-refractivity contribution in [3.63, 3.8) is 0 Å². The molecule has 0 aromatic heterocycles. The van der Waals surface area contributed by atoms with Gasteiger partial charge in [0.25, 0.3) is 0 Å². The number of esters is 1. The Hall–Kier alpha value is -1.11. The van der Waals surface area contributed by atoms with Crippen LogP contribution in [0.25, 0.3) is 0 Å². The Balaban J connectivity index is 1.39. The lowest BCUT2D eigenvalue weighted by atomic mass is 9.33. The maximum absolute atomic E-state index is 14.5. The molecule has 0 aromatic carbocycles. The first kappa shape index (κ1) is 34.7. The van der Waals surface area contributed by atoms with Gasteiger partial charge < -0.3 is 45.2 Å². The fourth-order valence-corrected chi connectivity index (χ4v) is 12.3. The smallest absolute Gasteiger partial charge is 0.315 e. The predicted molar refractivity (Wildman–Crippen MR) is 168 cm³/mol. The molecular formula is C36H58O10. The van der Waals surface area contributed by atoms with E-state index < -0.39 is 71.7 Å². The summed E-state index contributed by atoms with van der Waals surface area (Å²) in [7, 11) is 0. The average molecular weight is 651 g/mol. The third kappa shape index (κ3) is 4.39. The summed E-state index contributed by atoms with van der Waals surface area (Å²) in [4.78, 5) is 14.5. The summed E-state index contributed by atoms with van der Waals surface area (Å²) in [5, 5.41) is 75.0. The molecule has 0 aromatic rings. The van der Waals surface area contributed by atoms with Crippen LogP contribution >= 0.6 is 0 Å². The minimum Gasteiger partial charge on any atom is -0.432 e. The highest BCUT2D eigenvalue weighted by atomic mass is 16.7. The molecule has 1 saturated heterocycles. The van der Waals surface area contributed by atoms with Crippen molar-refractivity contribution in [3.05, 3.63) is 11.6 Å². The van der Waals surface area contributed by atoms with Gasteiger partial charge in [-0.05, 0) is 98.7 Å². The zero-order chi connectivity index (χ0) is 33.8. The molecule has 0 radical (unpaired) electrons. The minimum absolute atomic E-state index is 0.0435. The van der Waals surface area contributed by atoms with Gasteiger partial charge >= 0.3 is 5.97 Å². The summed E-state index contributed by atoms with van der Waals surface area (Å²) < 4.78 is 11.5. The van der Waals surface area contributed by atoms with Crippen molar-refractivity contribution < 1.29 is 50.0 Å². The normalized spacial score (nSPS) is 56.8. The number of carbonyl (C=O) groups is 1. The van der Waals surface area contributed by atoms with Crippen LogP contribution < -0.4 is 0 Å². The Morgan fingerprint density at radius 3 is 2.24 bits per heavy atom. The molecule has 6 rings (SSSR count). The predicted octanol–water partition coefficient (Wildman–Crippen LogP) is 2.44. The molecule has 0 amide bonds. The molecule has 16 atom stereocenters. The number of hydrogen-bond acceptors (Lipinski definition) is 10. The Morgan fingerprint density at radius 1 is 0.891 bits per heavy atom. The number of rotatable bonds is 4. The fourth-order valence-electron chi connectivity index (χ4n) is 12.3. The second kappa shape index (κ2) is 11.2. The molecule has 0 spiro atoms. The van der Waals surface area contributed by atoms with Crippen LogP contribution in [-0.2, 0) is 14.3 Å². The molecule has 5 fully saturated rings. The molecule has 1 aliphatic heterocycles. The third-order valence-electron chi connectivity index (χ3n) is 15.7. The highest BCUT2D eigenvalue weighted by molar-refractivity contribution is 5.79. The zero-order valence-electron chi connectivity index (χ0n) is 28.5. The van der Waals surface area contributed by atoms with Gasteiger partial charge in [-0.3, -0.25) is 4.79 Å². The Labute approximate surface area is 273 Å². The Kier molecular flexibility index (Phi) is 8.46. The van der Waals surface area contributed by atoms with Crippen LogP contribution in [0.4, 0.5) is 0 Å². The molecule has 1 heterocycles. The maximum Gasteiger partial charge on any atom is 0.315 e. The molecule has 7 N–H and O–H groups in total. The summed E-state index contributed by atoms with van der Waals surface area (Å²) in [6.45, 7) is 12.3. The number of ether oxygens (including phenoxy) is 2. The summed E-state index contributed by atoms with van der Waals surface area (Å²) >= 11 is 0. The summed E-state index contributed by atoms with van der Waals surface area (Å²) in [6, 6.07) is 0. The van der Waals surface area contributed by atoms with Gasteiger partial charge in [0, 0.05) is 11.3 Å². The lowest BCUT2D eigenvalue weighted by Crippen LogP contribution is -2.68. The molecular weight excluding hydrogens is 592 g/mol. The monoisotopic (exact) mass is 650 g/mol. The van der Waals surface area contributed by atoms with Gasteiger partial charge in [0.15, 0.2) is 0 Å². The van der Waals surface area contributed by atoms with Crippen LogP contribution in [0.5, 0.6) is 0 Å². The lowest BCUT2D eigenvalue weighted by molar-refractivity contribution is -0.299. The number of aliphatic hydroxyl groups is 7. The van der Waals surface area contributed by atoms with E-state index in [4.69, 9.17) is 9.47 Å². The van der Waals surface area contributed by atoms with Crippen LogP contribution in [0, 0.1) is 50.7 Å². The van der Waals surface area contributed by atoms with Gasteiger partial charge in [-0.25, -0.2) is 0 Å². The largest absolute Gasteiger partial charge is 0.432 e. The van der Waals surface area contributed by atoms with E-state index in [9.17, 15) is 40.5 Å². The molecule has 10 nitrogen and oxygen atoms in total. The number of fused-ring (bicyclic) bond motifs is 7. The van der Waals surface area contributed by atoms with Crippen molar-refractivity contribution in [1.29, 1.82) is 0 Å². The Bertz CT molecular complexity index is 1240. The van der Waals surface area contributed by atoms with E-state index in [-0.39, 0.29) is 34.7 Å². The van der Waals surface area contributed by atoms with Crippen LogP contribution in [0.2, 0.25) is 0 Å². The molecule has 4 saturated carbocycles. The molecule has 0 unspecified atom stereocenters. The number of aliphatic hydroxyl groups excluding tert-OH is 6. The highest BCUT2D eigenvalue weighted by Crippen LogP contribution is 2.76. The first-order chi connectivity index (χ1) is 21.4. The molecule has 262 valence electrons. The first-order valence-corrected chi connectivity index (χ1v) is 17.6. The van der Waals surface area contributed by atoms with Gasteiger partial charge in [0.05, 0.1) is 30.3 Å². The molecule has 6 aliphatic rings. The third-order valence-corrected chi connectivity index (χ3v) is 15.7. The van der Waals surface area contributed by atoms with Crippen molar-refractivity contribution in [2.24, 2.45) is 50.7 Å². The highest BCUT2D eigenvalue weighted by Gasteiger charge is 2.72. The molecule has 10 heteroatoms. The topological polar surface area (TPSA) is 177 Å². The second-order valence-electron chi connectivity index (χ2n) is 17.4. The van der Waals surface area contributed by atoms with Gasteiger partial charge in [-0.2, -0.15) is 0 Å². The van der Waals surface area contributed by atoms with E-state index in [0.29, 0.717) is 38.0 Å². The van der Waals surface area contributed by atoms with E-state index in [1.165, 1.54) is 0 Å². The number of hydrogen-bond donors (Lipinski definition) is 7. The van der Waals surface area contributed by atoms with Crippen molar-refractivity contribution >= 4 is 5.97 Å². The van der Waals surface area contributed by atoms with Crippen LogP contribution in [-0.4, -0.2) is 97.3 Å². The maximum atomic E-state index is 14.5. The lowest BCUT2D eigenvalue weighted by Gasteiger charge is -2.72. The average Bonchev–Trinajstić information content (AvgIpc) is 3.01. The van der Waals surface area contributed by atoms with Gasteiger partial charge in [-0.15, -0.1) is 0 Å². The standard InChI is InChI=1S/C36H58O10/c1-19-9-14-36(30(43)46-29-27(42)26(41)25(40)21(17-37)45-29)16-15-33(4)20(28(36)35(19,6)44)7-8-23-31(2)12-11-24(39)32(3,18-38)22(31)10-13-34(23,33)5/h7,19,21-29,37-42,44H,8-18H2,1-6H3/t19-,21+,22-,23-,24-,25+,26-,27+,28-,29-,31-,32+,33+,34+,35-,36-/m1/s1. The fraction of sp³-hybridized carbons (Fsp3) is 0.917. The SMILES string of the molecule is C[C@@H]1CC[C@@]2(C(=O)O[C@H]3O[C@@H](CO)[C@H](O)[C@@H](O)[C@@H]3O)CC[C@@]3(C)C(=CC[C@@H]4[C@]5(C)CC[C@@H](O)[C@@](C)(CO)[C@@H]5CC[C@@]43C)[C@@H]2[C@]1(C)O. The van der Waals surface area contributed by atoms with E-state index in [1.807, 2.05) is 20.8 Å². The molecule has 5 aliphatic carbocycles. The number of allylic oxidation sites excluding steroid dienone is 1. The zero-order valence-corrected chi connectivity index (χ0v) is 28.5. The van der Waals surface area contributed by atoms with Gasteiger partial charge in [0.1, 0.15) is 24.4 Å². The summed E-state index contributed by atoms with van der Waals surface area (Å²) in [6.07, 6.45) is 0.492. The van der Waals surface area contributed by atoms with Gasteiger partial charge in [0.2, 0.25) is 6.29 Å². The van der Waals surface area contributed by atoms with Gasteiger partial charge in [-0.1, -0.05) is 46.3 Å². The van der Waals surface area contributed by atoms with Crippen molar-refractivity contribution in [2.45, 2.75) is 142 Å². The van der Waals surface area contributed by atoms with E-state index >= 15 is 0 Å². The summed E-state index contributed by atoms with van der Waals surface area (Å²) in [5.41, 5.74) is -2.34. The second-order valence-corrected chi connectivity index (χ2v) is 17.4.